The summed E-state index contributed by atoms with van der Waals surface area (Å²) in [6.45, 7) is 12.4. The lowest BCUT2D eigenvalue weighted by atomic mass is 10.1. The molecule has 0 saturated carbocycles. The molecule has 0 aliphatic rings. The van der Waals surface area contributed by atoms with Crippen LogP contribution in [0.3, 0.4) is 0 Å². The minimum absolute atomic E-state index is 0.0126. The average Bonchev–Trinajstić information content (AvgIpc) is 3.13. The van der Waals surface area contributed by atoms with E-state index in [4.69, 9.17) is 0 Å². The van der Waals surface area contributed by atoms with Gasteiger partial charge in [0.1, 0.15) is 17.0 Å². The summed E-state index contributed by atoms with van der Waals surface area (Å²) in [4.78, 5) is 22.2. The molecule has 7 heteroatoms. The Kier molecular flexibility index (Phi) is 5.82. The molecule has 7 nitrogen and oxygen atoms in total. The summed E-state index contributed by atoms with van der Waals surface area (Å²) in [6.07, 6.45) is 2.76. The van der Waals surface area contributed by atoms with Gasteiger partial charge in [-0.2, -0.15) is 0 Å². The highest BCUT2D eigenvalue weighted by atomic mass is 16.2. The lowest BCUT2D eigenvalue weighted by Gasteiger charge is -2.27. The fourth-order valence-electron chi connectivity index (χ4n) is 3.75. The maximum absolute atomic E-state index is 13.6. The second-order valence-corrected chi connectivity index (χ2v) is 7.37. The van der Waals surface area contributed by atoms with Crippen LogP contribution in [0.4, 0.5) is 5.69 Å². The Morgan fingerprint density at radius 1 is 1.14 bits per heavy atom. The lowest BCUT2D eigenvalue weighted by molar-refractivity contribution is 0.0775. The summed E-state index contributed by atoms with van der Waals surface area (Å²) in [7, 11) is 2.03. The van der Waals surface area contributed by atoms with Gasteiger partial charge in [-0.05, 0) is 32.4 Å². The molecule has 0 atom stereocenters. The molecule has 0 fully saturated rings. The fraction of sp³-hybridized carbons (Fsp3) is 0.524. The van der Waals surface area contributed by atoms with E-state index >= 15 is 0 Å². The second-order valence-electron chi connectivity index (χ2n) is 7.37. The van der Waals surface area contributed by atoms with Gasteiger partial charge < -0.3 is 9.80 Å². The first kappa shape index (κ1) is 20.0. The zero-order valence-corrected chi connectivity index (χ0v) is 17.7. The van der Waals surface area contributed by atoms with Crippen molar-refractivity contribution in [1.29, 1.82) is 0 Å². The minimum atomic E-state index is -0.0126. The number of hydrogen-bond acceptors (Lipinski definition) is 5. The highest BCUT2D eigenvalue weighted by molar-refractivity contribution is 6.12. The van der Waals surface area contributed by atoms with Crippen molar-refractivity contribution < 1.29 is 4.79 Å². The van der Waals surface area contributed by atoms with Crippen molar-refractivity contribution >= 4 is 28.3 Å². The summed E-state index contributed by atoms with van der Waals surface area (Å²) in [5.74, 6) is 0.967. The van der Waals surface area contributed by atoms with Gasteiger partial charge >= 0.3 is 0 Å². The van der Waals surface area contributed by atoms with Gasteiger partial charge in [-0.1, -0.05) is 20.8 Å². The molecular formula is C21H30N6O. The van der Waals surface area contributed by atoms with Crippen LogP contribution in [0.25, 0.3) is 16.7 Å². The van der Waals surface area contributed by atoms with Gasteiger partial charge in [0.05, 0.1) is 5.69 Å². The summed E-state index contributed by atoms with van der Waals surface area (Å²) in [5, 5.41) is 9.84. The topological polar surface area (TPSA) is 66.6 Å². The summed E-state index contributed by atoms with van der Waals surface area (Å²) >= 11 is 0. The largest absolute Gasteiger partial charge is 0.373 e. The van der Waals surface area contributed by atoms with E-state index in [2.05, 4.69) is 40.9 Å². The normalized spacial score (nSPS) is 11.5. The van der Waals surface area contributed by atoms with Gasteiger partial charge in [0.25, 0.3) is 5.91 Å². The number of amides is 1. The first-order valence-corrected chi connectivity index (χ1v) is 10.1. The van der Waals surface area contributed by atoms with Crippen LogP contribution in [-0.2, 0) is 0 Å². The molecule has 3 rings (SSSR count). The molecule has 0 unspecified atom stereocenters. The highest BCUT2D eigenvalue weighted by Crippen LogP contribution is 2.34. The number of aromatic nitrogens is 4. The van der Waals surface area contributed by atoms with E-state index in [0.717, 1.165) is 35.5 Å². The Morgan fingerprint density at radius 2 is 1.86 bits per heavy atom. The van der Waals surface area contributed by atoms with Crippen LogP contribution in [0.2, 0.25) is 0 Å². The molecule has 1 amide bonds. The molecule has 0 aliphatic heterocycles. The highest BCUT2D eigenvalue weighted by Gasteiger charge is 2.28. The van der Waals surface area contributed by atoms with E-state index in [1.807, 2.05) is 42.3 Å². The summed E-state index contributed by atoms with van der Waals surface area (Å²) in [5.41, 5.74) is 2.88. The van der Waals surface area contributed by atoms with Crippen LogP contribution >= 0.6 is 0 Å². The van der Waals surface area contributed by atoms with Gasteiger partial charge in [-0.25, -0.2) is 4.98 Å². The van der Waals surface area contributed by atoms with Crippen LogP contribution in [0.5, 0.6) is 0 Å². The Balaban J connectivity index is 2.48. The zero-order chi connectivity index (χ0) is 20.4. The van der Waals surface area contributed by atoms with Crippen molar-refractivity contribution in [3.63, 3.8) is 0 Å². The predicted molar refractivity (Wildman–Crippen MR) is 113 cm³/mol. The maximum Gasteiger partial charge on any atom is 0.259 e. The van der Waals surface area contributed by atoms with Gasteiger partial charge in [0.2, 0.25) is 0 Å². The van der Waals surface area contributed by atoms with Crippen LogP contribution in [0, 0.1) is 0 Å². The monoisotopic (exact) mass is 382 g/mol. The van der Waals surface area contributed by atoms with E-state index < -0.39 is 0 Å². The molecule has 3 aromatic heterocycles. The SMILES string of the molecule is CCCN(C)c1c(C(=O)N(CC)CC)c2nnc(C(C)C)n2c2ncccc12. The molecule has 0 bridgehead atoms. The third kappa shape index (κ3) is 3.19. The van der Waals surface area contributed by atoms with Gasteiger partial charge in [0, 0.05) is 44.2 Å². The van der Waals surface area contributed by atoms with Crippen LogP contribution in [0.15, 0.2) is 18.3 Å². The molecule has 0 N–H and O–H groups in total. The Morgan fingerprint density at radius 3 is 2.46 bits per heavy atom. The molecule has 0 aliphatic carbocycles. The molecule has 0 aromatic carbocycles. The molecule has 3 heterocycles. The first-order chi connectivity index (χ1) is 13.5. The van der Waals surface area contributed by atoms with Crippen molar-refractivity contribution in [2.45, 2.75) is 47.0 Å². The van der Waals surface area contributed by atoms with Crippen molar-refractivity contribution in [3.8, 4) is 0 Å². The summed E-state index contributed by atoms with van der Waals surface area (Å²) in [6, 6.07) is 3.95. The van der Waals surface area contributed by atoms with Gasteiger partial charge in [-0.15, -0.1) is 10.2 Å². The standard InChI is InChI=1S/C21H30N6O/c1-7-13-25(6)17-15-11-10-12-22-19(15)27-18(14(4)5)23-24-20(27)16(17)21(28)26(8-2)9-3/h10-12,14H,7-9,13H2,1-6H3. The van der Waals surface area contributed by atoms with Gasteiger partial charge in [-0.3, -0.25) is 9.20 Å². The lowest BCUT2D eigenvalue weighted by Crippen LogP contribution is -2.33. The van der Waals surface area contributed by atoms with Crippen molar-refractivity contribution in [1.82, 2.24) is 24.5 Å². The van der Waals surface area contributed by atoms with Crippen molar-refractivity contribution in [3.05, 3.63) is 29.7 Å². The van der Waals surface area contributed by atoms with E-state index in [9.17, 15) is 4.79 Å². The Bertz CT molecular complexity index is 989. The van der Waals surface area contributed by atoms with Crippen LogP contribution in [-0.4, -0.2) is 57.1 Å². The van der Waals surface area contributed by atoms with E-state index in [0.29, 0.717) is 24.3 Å². The number of carbonyl (C=O) groups is 1. The van der Waals surface area contributed by atoms with Crippen LogP contribution < -0.4 is 4.90 Å². The molecule has 150 valence electrons. The molecule has 0 radical (unpaired) electrons. The second kappa shape index (κ2) is 8.12. The van der Waals surface area contributed by atoms with E-state index in [-0.39, 0.29) is 11.8 Å². The number of hydrogen-bond donors (Lipinski definition) is 0. The van der Waals surface area contributed by atoms with E-state index in [1.165, 1.54) is 0 Å². The van der Waals surface area contributed by atoms with Crippen molar-refractivity contribution in [2.24, 2.45) is 0 Å². The number of rotatable bonds is 7. The number of pyridine rings is 2. The number of fused-ring (bicyclic) bond motifs is 3. The molecule has 28 heavy (non-hydrogen) atoms. The molecular weight excluding hydrogens is 352 g/mol. The molecule has 0 spiro atoms. The number of anilines is 1. The quantitative estimate of drug-likeness (QED) is 0.623. The average molecular weight is 383 g/mol. The van der Waals surface area contributed by atoms with Crippen molar-refractivity contribution in [2.75, 3.05) is 31.6 Å². The summed E-state index contributed by atoms with van der Waals surface area (Å²) < 4.78 is 1.96. The Hall–Kier alpha value is -2.70. The van der Waals surface area contributed by atoms with Gasteiger partial charge in [0.15, 0.2) is 5.65 Å². The minimum Gasteiger partial charge on any atom is -0.373 e. The molecule has 3 aromatic rings. The first-order valence-electron chi connectivity index (χ1n) is 10.1. The maximum atomic E-state index is 13.6. The number of nitrogens with zero attached hydrogens (tertiary/aromatic N) is 6. The third-order valence-corrected chi connectivity index (χ3v) is 5.12. The Labute approximate surface area is 166 Å². The van der Waals surface area contributed by atoms with E-state index in [1.54, 1.807) is 6.20 Å². The fourth-order valence-corrected chi connectivity index (χ4v) is 3.75. The zero-order valence-electron chi connectivity index (χ0n) is 17.7. The predicted octanol–water partition coefficient (Wildman–Crippen LogP) is 3.73. The number of carbonyl (C=O) groups excluding carboxylic acids is 1. The third-order valence-electron chi connectivity index (χ3n) is 5.12. The smallest absolute Gasteiger partial charge is 0.259 e. The van der Waals surface area contributed by atoms with Crippen LogP contribution in [0.1, 0.15) is 63.1 Å². The molecule has 0 saturated heterocycles.